The number of guanidine groups is 2. The molecule has 5 amide bonds. The fourth-order valence-electron chi connectivity index (χ4n) is 4.61. The summed E-state index contributed by atoms with van der Waals surface area (Å²) in [6, 6.07) is -3.80. The number of nitrogens with one attached hydrogen (secondary N) is 3. The summed E-state index contributed by atoms with van der Waals surface area (Å²) in [7, 11) is 0. The third-order valence-electron chi connectivity index (χ3n) is 6.64. The van der Waals surface area contributed by atoms with Crippen molar-refractivity contribution in [2.45, 2.75) is 88.9 Å². The Morgan fingerprint density at radius 3 is 1.76 bits per heavy atom. The Morgan fingerprint density at radius 1 is 0.762 bits per heavy atom. The minimum Gasteiger partial charge on any atom is -0.370 e. The van der Waals surface area contributed by atoms with Crippen molar-refractivity contribution in [1.29, 1.82) is 0 Å². The van der Waals surface area contributed by atoms with Crippen LogP contribution in [0.2, 0.25) is 0 Å². The van der Waals surface area contributed by atoms with E-state index in [9.17, 15) is 24.0 Å². The van der Waals surface area contributed by atoms with Gasteiger partial charge in [0.15, 0.2) is 11.9 Å². The number of nitrogens with zero attached hydrogens (tertiary/aromatic N) is 3. The van der Waals surface area contributed by atoms with Crippen molar-refractivity contribution in [3.05, 3.63) is 0 Å². The minimum atomic E-state index is -1.09. The maximum atomic E-state index is 13.6. The van der Waals surface area contributed by atoms with E-state index in [1.54, 1.807) is 0 Å². The first-order valence-electron chi connectivity index (χ1n) is 14.2. The second kappa shape index (κ2) is 19.1. The van der Waals surface area contributed by atoms with Crippen LogP contribution < -0.4 is 50.4 Å². The Kier molecular flexibility index (Phi) is 16.3. The quantitative estimate of drug-likeness (QED) is 0.0397. The molecule has 1 fully saturated rings. The second-order valence-electron chi connectivity index (χ2n) is 10.1. The number of carbonyl (C=O) groups is 5. The first-order chi connectivity index (χ1) is 19.9. The molecule has 15 N–H and O–H groups in total. The summed E-state index contributed by atoms with van der Waals surface area (Å²) < 4.78 is 0. The summed E-state index contributed by atoms with van der Waals surface area (Å²) >= 11 is 0. The number of amides is 5. The van der Waals surface area contributed by atoms with E-state index in [4.69, 9.17) is 34.4 Å². The van der Waals surface area contributed by atoms with Crippen molar-refractivity contribution in [2.75, 3.05) is 26.2 Å². The van der Waals surface area contributed by atoms with Crippen LogP contribution >= 0.6 is 0 Å². The number of hydrogen-bond donors (Lipinski definition) is 9. The van der Waals surface area contributed by atoms with Gasteiger partial charge in [0.25, 0.3) is 0 Å². The molecule has 0 bridgehead atoms. The Balaban J connectivity index is 3.17. The molecule has 42 heavy (non-hydrogen) atoms. The van der Waals surface area contributed by atoms with Gasteiger partial charge >= 0.3 is 0 Å². The third-order valence-corrected chi connectivity index (χ3v) is 6.64. The number of aliphatic imine (C=N–C) groups is 2. The highest BCUT2D eigenvalue weighted by atomic mass is 16.2. The highest BCUT2D eigenvalue weighted by molar-refractivity contribution is 5.95. The van der Waals surface area contributed by atoms with Crippen molar-refractivity contribution < 1.29 is 24.0 Å². The zero-order valence-electron chi connectivity index (χ0n) is 24.3. The first kappa shape index (κ1) is 35.9. The van der Waals surface area contributed by atoms with E-state index < -0.39 is 53.7 Å². The molecule has 1 rings (SSSR count). The standard InChI is InChI=1S/C25H48N12O5/c1-15(38)34-16(7-2-3-11-26)21(40)35-17(8-4-12-32-24(28)29)22(41)36-18(9-5-13-33-25(30)31)23(42)37-14-6-10-19(37)20(27)39/h16-19H,2-14,26H2,1H3,(H2,27,39)(H,34,38)(H,35,40)(H,36,41)(H4,28,29,32)(H4,30,31,33)/t16-,17-,18-,19-/m0/s1. The molecule has 17 nitrogen and oxygen atoms in total. The lowest BCUT2D eigenvalue weighted by molar-refractivity contribution is -0.141. The van der Waals surface area contributed by atoms with Crippen LogP contribution in [-0.4, -0.2) is 96.7 Å². The molecule has 0 aromatic heterocycles. The zero-order valence-corrected chi connectivity index (χ0v) is 24.3. The normalized spacial score (nSPS) is 16.4. The van der Waals surface area contributed by atoms with Gasteiger partial charge in [0, 0.05) is 26.6 Å². The predicted molar refractivity (Wildman–Crippen MR) is 158 cm³/mol. The van der Waals surface area contributed by atoms with Gasteiger partial charge in [-0.15, -0.1) is 0 Å². The molecule has 0 aromatic rings. The molecule has 1 aliphatic heterocycles. The lowest BCUT2D eigenvalue weighted by Gasteiger charge is -2.29. The molecule has 238 valence electrons. The smallest absolute Gasteiger partial charge is 0.245 e. The van der Waals surface area contributed by atoms with Gasteiger partial charge in [-0.3, -0.25) is 34.0 Å². The number of likely N-dealkylation sites (tertiary alicyclic amines) is 1. The minimum absolute atomic E-state index is 0.112. The molecule has 0 aromatic carbocycles. The van der Waals surface area contributed by atoms with E-state index in [0.29, 0.717) is 58.0 Å². The highest BCUT2D eigenvalue weighted by Crippen LogP contribution is 2.19. The predicted octanol–water partition coefficient (Wildman–Crippen LogP) is -3.83. The molecular formula is C25H48N12O5. The van der Waals surface area contributed by atoms with Gasteiger partial charge in [-0.1, -0.05) is 0 Å². The van der Waals surface area contributed by atoms with Gasteiger partial charge in [-0.2, -0.15) is 0 Å². The lowest BCUT2D eigenvalue weighted by Crippen LogP contribution is -2.58. The van der Waals surface area contributed by atoms with E-state index in [1.807, 2.05) is 0 Å². The SMILES string of the molecule is CC(=O)N[C@@H](CCCCN)C(=O)N[C@@H](CCCN=C(N)N)C(=O)N[C@@H](CCCN=C(N)N)C(=O)N1CCC[C@H]1C(N)=O. The van der Waals surface area contributed by atoms with E-state index in [0.717, 1.165) is 0 Å². The molecule has 0 radical (unpaired) electrons. The van der Waals surface area contributed by atoms with E-state index in [-0.39, 0.29) is 37.9 Å². The van der Waals surface area contributed by atoms with Gasteiger partial charge in [0.05, 0.1) is 0 Å². The van der Waals surface area contributed by atoms with E-state index in [2.05, 4.69) is 25.9 Å². The Hall–Kier alpha value is -4.15. The summed E-state index contributed by atoms with van der Waals surface area (Å²) in [6.07, 6.45) is 3.53. The number of nitrogens with two attached hydrogens (primary N) is 6. The average Bonchev–Trinajstić information content (AvgIpc) is 3.41. The molecule has 0 unspecified atom stereocenters. The molecular weight excluding hydrogens is 548 g/mol. The molecule has 17 heteroatoms. The monoisotopic (exact) mass is 596 g/mol. The van der Waals surface area contributed by atoms with Crippen molar-refractivity contribution in [3.63, 3.8) is 0 Å². The van der Waals surface area contributed by atoms with Gasteiger partial charge in [0.1, 0.15) is 24.2 Å². The second-order valence-corrected chi connectivity index (χ2v) is 10.1. The van der Waals surface area contributed by atoms with Crippen molar-refractivity contribution in [1.82, 2.24) is 20.9 Å². The first-order valence-corrected chi connectivity index (χ1v) is 14.2. The van der Waals surface area contributed by atoms with Gasteiger partial charge in [-0.05, 0) is 64.3 Å². The molecule has 1 saturated heterocycles. The largest absolute Gasteiger partial charge is 0.370 e. The Bertz CT molecular complexity index is 981. The van der Waals surface area contributed by atoms with Crippen LogP contribution in [0.4, 0.5) is 0 Å². The van der Waals surface area contributed by atoms with Crippen LogP contribution in [0.15, 0.2) is 9.98 Å². The number of primary amides is 1. The van der Waals surface area contributed by atoms with Crippen LogP contribution in [0, 0.1) is 0 Å². The van der Waals surface area contributed by atoms with Crippen molar-refractivity contribution in [3.8, 4) is 0 Å². The fraction of sp³-hybridized carbons (Fsp3) is 0.720. The highest BCUT2D eigenvalue weighted by Gasteiger charge is 2.37. The van der Waals surface area contributed by atoms with Gasteiger partial charge in [0.2, 0.25) is 29.5 Å². The summed E-state index contributed by atoms with van der Waals surface area (Å²) in [5.74, 6) is -2.93. The molecule has 4 atom stereocenters. The van der Waals surface area contributed by atoms with E-state index in [1.165, 1.54) is 11.8 Å². The fourth-order valence-corrected chi connectivity index (χ4v) is 4.61. The summed E-state index contributed by atoms with van der Waals surface area (Å²) in [4.78, 5) is 73.1. The van der Waals surface area contributed by atoms with Crippen LogP contribution in [0.25, 0.3) is 0 Å². The number of carbonyl (C=O) groups excluding carboxylic acids is 5. The number of hydrogen-bond acceptors (Lipinski definition) is 8. The van der Waals surface area contributed by atoms with Crippen molar-refractivity contribution in [2.24, 2.45) is 44.4 Å². The van der Waals surface area contributed by atoms with E-state index >= 15 is 0 Å². The molecule has 0 saturated carbocycles. The Labute approximate surface area is 246 Å². The number of rotatable bonds is 19. The van der Waals surface area contributed by atoms with Crippen LogP contribution in [0.1, 0.15) is 64.7 Å². The lowest BCUT2D eigenvalue weighted by atomic mass is 10.0. The molecule has 0 aliphatic carbocycles. The van der Waals surface area contributed by atoms with Crippen LogP contribution in [-0.2, 0) is 24.0 Å². The van der Waals surface area contributed by atoms with Crippen molar-refractivity contribution >= 4 is 41.5 Å². The third kappa shape index (κ3) is 13.5. The van der Waals surface area contributed by atoms with Gasteiger partial charge in [-0.25, -0.2) is 0 Å². The summed E-state index contributed by atoms with van der Waals surface area (Å²) in [6.45, 7) is 2.44. The summed E-state index contributed by atoms with van der Waals surface area (Å²) in [5.41, 5.74) is 32.6. The summed E-state index contributed by atoms with van der Waals surface area (Å²) in [5, 5.41) is 8.03. The Morgan fingerprint density at radius 2 is 1.26 bits per heavy atom. The number of unbranched alkanes of at least 4 members (excludes halogenated alkanes) is 1. The topological polar surface area (TPSA) is 306 Å². The molecule has 0 spiro atoms. The van der Waals surface area contributed by atoms with Crippen LogP contribution in [0.3, 0.4) is 0 Å². The molecule has 1 aliphatic rings. The van der Waals surface area contributed by atoms with Crippen LogP contribution in [0.5, 0.6) is 0 Å². The van der Waals surface area contributed by atoms with Gasteiger partial charge < -0.3 is 55.3 Å². The molecule has 1 heterocycles. The average molecular weight is 597 g/mol. The maximum Gasteiger partial charge on any atom is 0.245 e. The zero-order chi connectivity index (χ0) is 31.7. The maximum absolute atomic E-state index is 13.6.